The van der Waals surface area contributed by atoms with Crippen molar-refractivity contribution in [2.24, 2.45) is 0 Å². The first-order valence-corrected chi connectivity index (χ1v) is 7.32. The summed E-state index contributed by atoms with van der Waals surface area (Å²) < 4.78 is 1.11. The Labute approximate surface area is 122 Å². The van der Waals surface area contributed by atoms with Crippen LogP contribution in [0.5, 0.6) is 0 Å². The summed E-state index contributed by atoms with van der Waals surface area (Å²) in [7, 11) is 0. The SMILES string of the molecule is CCCNC(Cc1ccc(Br)cc1)c1cnccn1. The van der Waals surface area contributed by atoms with Crippen molar-refractivity contribution in [3.63, 3.8) is 0 Å². The third-order valence-electron chi connectivity index (χ3n) is 2.93. The number of rotatable bonds is 6. The summed E-state index contributed by atoms with van der Waals surface area (Å²) in [5, 5.41) is 3.53. The van der Waals surface area contributed by atoms with Gasteiger partial charge in [0.25, 0.3) is 0 Å². The number of nitrogens with zero attached hydrogens (tertiary/aromatic N) is 2. The Morgan fingerprint density at radius 1 is 1.21 bits per heavy atom. The molecule has 0 bridgehead atoms. The highest BCUT2D eigenvalue weighted by atomic mass is 79.9. The predicted molar refractivity (Wildman–Crippen MR) is 80.9 cm³/mol. The smallest absolute Gasteiger partial charge is 0.0759 e. The maximum Gasteiger partial charge on any atom is 0.0759 e. The lowest BCUT2D eigenvalue weighted by Crippen LogP contribution is -2.25. The minimum absolute atomic E-state index is 0.217. The lowest BCUT2D eigenvalue weighted by Gasteiger charge is -2.17. The van der Waals surface area contributed by atoms with Gasteiger partial charge in [0.15, 0.2) is 0 Å². The molecule has 0 saturated carbocycles. The number of halogens is 1. The number of nitrogens with one attached hydrogen (secondary N) is 1. The fraction of sp³-hybridized carbons (Fsp3) is 0.333. The van der Waals surface area contributed by atoms with E-state index in [1.807, 2.05) is 6.20 Å². The maximum absolute atomic E-state index is 4.41. The molecular formula is C15H18BrN3. The molecule has 0 radical (unpaired) electrons. The molecule has 0 aliphatic heterocycles. The molecule has 1 atom stereocenters. The molecule has 4 heteroatoms. The van der Waals surface area contributed by atoms with E-state index >= 15 is 0 Å². The van der Waals surface area contributed by atoms with Gasteiger partial charge < -0.3 is 5.32 Å². The van der Waals surface area contributed by atoms with Crippen LogP contribution >= 0.6 is 15.9 Å². The van der Waals surface area contributed by atoms with Gasteiger partial charge in [0, 0.05) is 23.1 Å². The molecule has 0 spiro atoms. The second-order valence-electron chi connectivity index (χ2n) is 4.47. The van der Waals surface area contributed by atoms with E-state index in [4.69, 9.17) is 0 Å². The van der Waals surface area contributed by atoms with Crippen molar-refractivity contribution in [2.75, 3.05) is 6.54 Å². The zero-order valence-electron chi connectivity index (χ0n) is 11.0. The Hall–Kier alpha value is -1.26. The van der Waals surface area contributed by atoms with Gasteiger partial charge in [-0.05, 0) is 37.1 Å². The van der Waals surface area contributed by atoms with Crippen LogP contribution < -0.4 is 5.32 Å². The molecule has 2 aromatic rings. The van der Waals surface area contributed by atoms with Crippen LogP contribution in [0.3, 0.4) is 0 Å². The van der Waals surface area contributed by atoms with Crippen LogP contribution in [-0.4, -0.2) is 16.5 Å². The van der Waals surface area contributed by atoms with E-state index in [-0.39, 0.29) is 6.04 Å². The van der Waals surface area contributed by atoms with Crippen molar-refractivity contribution in [1.82, 2.24) is 15.3 Å². The van der Waals surface area contributed by atoms with Crippen molar-refractivity contribution in [3.05, 3.63) is 58.6 Å². The molecule has 0 saturated heterocycles. The largest absolute Gasteiger partial charge is 0.308 e. The van der Waals surface area contributed by atoms with Gasteiger partial charge in [0.1, 0.15) is 0 Å². The summed E-state index contributed by atoms with van der Waals surface area (Å²) in [4.78, 5) is 8.57. The second kappa shape index (κ2) is 7.36. The Morgan fingerprint density at radius 3 is 2.63 bits per heavy atom. The number of hydrogen-bond donors (Lipinski definition) is 1. The van der Waals surface area contributed by atoms with E-state index < -0.39 is 0 Å². The first kappa shape index (κ1) is 14.2. The molecule has 1 N–H and O–H groups in total. The average Bonchev–Trinajstić information content (AvgIpc) is 2.46. The number of hydrogen-bond acceptors (Lipinski definition) is 3. The topological polar surface area (TPSA) is 37.8 Å². The van der Waals surface area contributed by atoms with Crippen molar-refractivity contribution >= 4 is 15.9 Å². The Bertz CT molecular complexity index is 485. The van der Waals surface area contributed by atoms with E-state index in [9.17, 15) is 0 Å². The van der Waals surface area contributed by atoms with Crippen molar-refractivity contribution in [2.45, 2.75) is 25.8 Å². The Kier molecular flexibility index (Phi) is 5.48. The molecule has 1 heterocycles. The third-order valence-corrected chi connectivity index (χ3v) is 3.46. The van der Waals surface area contributed by atoms with Crippen molar-refractivity contribution in [3.8, 4) is 0 Å². The van der Waals surface area contributed by atoms with Crippen LogP contribution in [0.15, 0.2) is 47.3 Å². The van der Waals surface area contributed by atoms with Crippen LogP contribution in [0.25, 0.3) is 0 Å². The molecule has 1 unspecified atom stereocenters. The third kappa shape index (κ3) is 4.40. The van der Waals surface area contributed by atoms with Crippen LogP contribution in [0.1, 0.15) is 30.6 Å². The van der Waals surface area contributed by atoms with Gasteiger partial charge in [-0.3, -0.25) is 9.97 Å². The fourth-order valence-corrected chi connectivity index (χ4v) is 2.21. The summed E-state index contributed by atoms with van der Waals surface area (Å²) in [6, 6.07) is 8.64. The van der Waals surface area contributed by atoms with Crippen molar-refractivity contribution in [1.29, 1.82) is 0 Å². The molecule has 3 nitrogen and oxygen atoms in total. The highest BCUT2D eigenvalue weighted by Crippen LogP contribution is 2.18. The predicted octanol–water partition coefficient (Wildman–Crippen LogP) is 3.52. The summed E-state index contributed by atoms with van der Waals surface area (Å²) in [6.07, 6.45) is 7.33. The molecule has 2 rings (SSSR count). The number of benzene rings is 1. The van der Waals surface area contributed by atoms with Gasteiger partial charge in [0.2, 0.25) is 0 Å². The quantitative estimate of drug-likeness (QED) is 0.885. The summed E-state index contributed by atoms with van der Waals surface area (Å²) >= 11 is 3.46. The average molecular weight is 320 g/mol. The van der Waals surface area contributed by atoms with E-state index in [0.29, 0.717) is 0 Å². The zero-order chi connectivity index (χ0) is 13.5. The molecule has 0 fully saturated rings. The van der Waals surface area contributed by atoms with Crippen LogP contribution in [0, 0.1) is 0 Å². The van der Waals surface area contributed by atoms with Crippen LogP contribution in [-0.2, 0) is 6.42 Å². The highest BCUT2D eigenvalue weighted by Gasteiger charge is 2.12. The van der Waals surface area contributed by atoms with Gasteiger partial charge in [-0.2, -0.15) is 0 Å². The zero-order valence-corrected chi connectivity index (χ0v) is 12.6. The highest BCUT2D eigenvalue weighted by molar-refractivity contribution is 9.10. The molecule has 1 aromatic heterocycles. The standard InChI is InChI=1S/C15H18BrN3/c1-2-7-18-14(15-11-17-8-9-19-15)10-12-3-5-13(16)6-4-12/h3-6,8-9,11,14,18H,2,7,10H2,1H3. The molecular weight excluding hydrogens is 302 g/mol. The number of aromatic nitrogens is 2. The second-order valence-corrected chi connectivity index (χ2v) is 5.38. The first-order valence-electron chi connectivity index (χ1n) is 6.53. The maximum atomic E-state index is 4.41. The lowest BCUT2D eigenvalue weighted by molar-refractivity contribution is 0.516. The van der Waals surface area contributed by atoms with Crippen LogP contribution in [0.2, 0.25) is 0 Å². The van der Waals surface area contributed by atoms with E-state index in [1.54, 1.807) is 12.4 Å². The molecule has 0 amide bonds. The molecule has 0 aliphatic rings. The van der Waals surface area contributed by atoms with E-state index in [2.05, 4.69) is 62.4 Å². The molecule has 0 aliphatic carbocycles. The van der Waals surface area contributed by atoms with Gasteiger partial charge in [-0.25, -0.2) is 0 Å². The van der Waals surface area contributed by atoms with Crippen LogP contribution in [0.4, 0.5) is 0 Å². The molecule has 19 heavy (non-hydrogen) atoms. The Morgan fingerprint density at radius 2 is 2.00 bits per heavy atom. The minimum Gasteiger partial charge on any atom is -0.308 e. The van der Waals surface area contributed by atoms with Gasteiger partial charge in [-0.1, -0.05) is 35.0 Å². The summed E-state index contributed by atoms with van der Waals surface area (Å²) in [6.45, 7) is 3.15. The lowest BCUT2D eigenvalue weighted by atomic mass is 10.0. The van der Waals surface area contributed by atoms with Crippen molar-refractivity contribution < 1.29 is 0 Å². The molecule has 1 aromatic carbocycles. The summed E-state index contributed by atoms with van der Waals surface area (Å²) in [5.41, 5.74) is 2.29. The van der Waals surface area contributed by atoms with Gasteiger partial charge >= 0.3 is 0 Å². The summed E-state index contributed by atoms with van der Waals surface area (Å²) in [5.74, 6) is 0. The fourth-order valence-electron chi connectivity index (χ4n) is 1.95. The molecule has 100 valence electrons. The normalized spacial score (nSPS) is 12.3. The van der Waals surface area contributed by atoms with Gasteiger partial charge in [0.05, 0.1) is 11.7 Å². The van der Waals surface area contributed by atoms with E-state index in [1.165, 1.54) is 5.56 Å². The minimum atomic E-state index is 0.217. The van der Waals surface area contributed by atoms with Gasteiger partial charge in [-0.15, -0.1) is 0 Å². The monoisotopic (exact) mass is 319 g/mol. The first-order chi connectivity index (χ1) is 9.29. The Balaban J connectivity index is 2.11. The van der Waals surface area contributed by atoms with E-state index in [0.717, 1.165) is 29.6 Å².